The summed E-state index contributed by atoms with van der Waals surface area (Å²) < 4.78 is 34.0. The normalized spacial score (nSPS) is 11.6. The number of halogens is 2. The Hall–Kier alpha value is -0.280. The second-order valence-corrected chi connectivity index (χ2v) is 4.52. The number of pyridine rings is 1. The predicted octanol–water partition coefficient (Wildman–Crippen LogP) is 0.473. The summed E-state index contributed by atoms with van der Waals surface area (Å²) in [7, 11) is -3.79. The molecule has 0 aromatic carbocycles. The van der Waals surface area contributed by atoms with Crippen molar-refractivity contribution in [1.82, 2.24) is 4.98 Å². The van der Waals surface area contributed by atoms with Crippen LogP contribution in [0.3, 0.4) is 0 Å². The van der Waals surface area contributed by atoms with E-state index in [1.165, 1.54) is 0 Å². The largest absolute Gasteiger partial charge is 0.240 e. The molecule has 0 radical (unpaired) electrons. The SMILES string of the molecule is NS(=O)(=O)c1ccc(F)nc1I. The third-order valence-electron chi connectivity index (χ3n) is 1.09. The van der Waals surface area contributed by atoms with E-state index in [9.17, 15) is 12.8 Å². The van der Waals surface area contributed by atoms with E-state index in [1.807, 2.05) is 0 Å². The average Bonchev–Trinajstić information content (AvgIpc) is 1.83. The van der Waals surface area contributed by atoms with E-state index in [0.717, 1.165) is 12.1 Å². The molecule has 0 fully saturated rings. The maximum absolute atomic E-state index is 12.4. The Morgan fingerprint density at radius 2 is 2.08 bits per heavy atom. The summed E-state index contributed by atoms with van der Waals surface area (Å²) in [6.45, 7) is 0. The van der Waals surface area contributed by atoms with Crippen molar-refractivity contribution in [1.29, 1.82) is 0 Å². The smallest absolute Gasteiger partial charge is 0.225 e. The zero-order chi connectivity index (χ0) is 9.35. The van der Waals surface area contributed by atoms with Crippen LogP contribution in [0, 0.1) is 9.65 Å². The third-order valence-corrected chi connectivity index (χ3v) is 3.22. The summed E-state index contributed by atoms with van der Waals surface area (Å²) in [4.78, 5) is 3.14. The highest BCUT2D eigenvalue weighted by Crippen LogP contribution is 2.13. The number of sulfonamides is 1. The van der Waals surface area contributed by atoms with Gasteiger partial charge in [-0.2, -0.15) is 4.39 Å². The van der Waals surface area contributed by atoms with Gasteiger partial charge in [-0.15, -0.1) is 0 Å². The van der Waals surface area contributed by atoms with Gasteiger partial charge in [-0.3, -0.25) is 0 Å². The van der Waals surface area contributed by atoms with Crippen LogP contribution in [0.15, 0.2) is 17.0 Å². The number of aromatic nitrogens is 1. The molecule has 7 heteroatoms. The monoisotopic (exact) mass is 302 g/mol. The van der Waals surface area contributed by atoms with Crippen LogP contribution in [-0.2, 0) is 10.0 Å². The molecule has 0 unspecified atom stereocenters. The van der Waals surface area contributed by atoms with E-state index in [4.69, 9.17) is 5.14 Å². The molecule has 0 saturated carbocycles. The molecule has 0 amide bonds. The van der Waals surface area contributed by atoms with Crippen molar-refractivity contribution in [3.05, 3.63) is 21.8 Å². The minimum Gasteiger partial charge on any atom is -0.225 e. The lowest BCUT2D eigenvalue weighted by Gasteiger charge is -1.99. The van der Waals surface area contributed by atoms with Crippen LogP contribution >= 0.6 is 22.6 Å². The lowest BCUT2D eigenvalue weighted by atomic mass is 10.5. The van der Waals surface area contributed by atoms with Crippen molar-refractivity contribution >= 4 is 32.6 Å². The zero-order valence-corrected chi connectivity index (χ0v) is 8.63. The predicted molar refractivity (Wildman–Crippen MR) is 48.3 cm³/mol. The first-order valence-corrected chi connectivity index (χ1v) is 5.38. The van der Waals surface area contributed by atoms with Gasteiger partial charge >= 0.3 is 0 Å². The van der Waals surface area contributed by atoms with Crippen molar-refractivity contribution < 1.29 is 12.8 Å². The van der Waals surface area contributed by atoms with Crippen LogP contribution in [0.2, 0.25) is 0 Å². The lowest BCUT2D eigenvalue weighted by molar-refractivity contribution is 0.572. The maximum atomic E-state index is 12.4. The van der Waals surface area contributed by atoms with E-state index in [1.54, 1.807) is 22.6 Å². The standard InChI is InChI=1S/C5H4FIN2O2S/c6-4-2-1-3(5(7)9-4)12(8,10)11/h1-2H,(H2,8,10,11). The first-order chi connectivity index (χ1) is 5.41. The summed E-state index contributed by atoms with van der Waals surface area (Å²) in [6.07, 6.45) is 0. The molecule has 0 atom stereocenters. The van der Waals surface area contributed by atoms with Gasteiger partial charge in [-0.1, -0.05) is 0 Å². The topological polar surface area (TPSA) is 73.1 Å². The molecule has 1 rings (SSSR count). The van der Waals surface area contributed by atoms with Gasteiger partial charge in [-0.25, -0.2) is 18.5 Å². The Bertz CT molecular complexity index is 406. The minimum absolute atomic E-state index is 0.0371. The number of rotatable bonds is 1. The van der Waals surface area contributed by atoms with Crippen LogP contribution in [-0.4, -0.2) is 13.4 Å². The van der Waals surface area contributed by atoms with Crippen molar-refractivity contribution in [2.24, 2.45) is 5.14 Å². The van der Waals surface area contributed by atoms with Crippen LogP contribution in [0.1, 0.15) is 0 Å². The quantitative estimate of drug-likeness (QED) is 0.605. The number of nitrogens with two attached hydrogens (primary N) is 1. The molecule has 0 aliphatic carbocycles. The highest BCUT2D eigenvalue weighted by atomic mass is 127. The first-order valence-electron chi connectivity index (χ1n) is 2.76. The highest BCUT2D eigenvalue weighted by Gasteiger charge is 2.13. The summed E-state index contributed by atoms with van der Waals surface area (Å²) in [6, 6.07) is 2.03. The van der Waals surface area contributed by atoms with Crippen LogP contribution in [0.4, 0.5) is 4.39 Å². The number of nitrogens with zero attached hydrogens (tertiary/aromatic N) is 1. The van der Waals surface area contributed by atoms with Gasteiger partial charge in [0.25, 0.3) is 0 Å². The Morgan fingerprint density at radius 3 is 2.50 bits per heavy atom. The van der Waals surface area contributed by atoms with E-state index in [-0.39, 0.29) is 8.60 Å². The van der Waals surface area contributed by atoms with Crippen LogP contribution < -0.4 is 5.14 Å². The molecule has 1 aromatic rings. The van der Waals surface area contributed by atoms with Gasteiger partial charge in [0.1, 0.15) is 8.60 Å². The molecule has 0 saturated heterocycles. The molecule has 0 aliphatic heterocycles. The average molecular weight is 302 g/mol. The van der Waals surface area contributed by atoms with E-state index < -0.39 is 16.0 Å². The molecular formula is C5H4FIN2O2S. The lowest BCUT2D eigenvalue weighted by Crippen LogP contribution is -2.14. The summed E-state index contributed by atoms with van der Waals surface area (Å²) >= 11 is 1.60. The fourth-order valence-corrected chi connectivity index (χ4v) is 2.48. The molecule has 12 heavy (non-hydrogen) atoms. The molecule has 4 nitrogen and oxygen atoms in total. The maximum Gasteiger partial charge on any atom is 0.240 e. The van der Waals surface area contributed by atoms with Crippen molar-refractivity contribution in [3.8, 4) is 0 Å². The van der Waals surface area contributed by atoms with Gasteiger partial charge in [0, 0.05) is 0 Å². The molecule has 0 bridgehead atoms. The Morgan fingerprint density at radius 1 is 1.50 bits per heavy atom. The van der Waals surface area contributed by atoms with Crippen molar-refractivity contribution in [3.63, 3.8) is 0 Å². The fraction of sp³-hybridized carbons (Fsp3) is 0. The van der Waals surface area contributed by atoms with E-state index in [2.05, 4.69) is 4.98 Å². The van der Waals surface area contributed by atoms with Gasteiger partial charge in [0.2, 0.25) is 16.0 Å². The van der Waals surface area contributed by atoms with Crippen LogP contribution in [0.5, 0.6) is 0 Å². The second kappa shape index (κ2) is 3.23. The van der Waals surface area contributed by atoms with Crippen molar-refractivity contribution in [2.75, 3.05) is 0 Å². The molecule has 1 aromatic heterocycles. The van der Waals surface area contributed by atoms with Crippen LogP contribution in [0.25, 0.3) is 0 Å². The zero-order valence-electron chi connectivity index (χ0n) is 5.66. The molecule has 1 heterocycles. The van der Waals surface area contributed by atoms with Crippen molar-refractivity contribution in [2.45, 2.75) is 4.90 Å². The van der Waals surface area contributed by atoms with Gasteiger partial charge in [0.05, 0.1) is 0 Å². The Balaban J connectivity index is 3.39. The summed E-state index contributed by atoms with van der Waals surface area (Å²) in [5.74, 6) is -0.730. The minimum atomic E-state index is -3.79. The van der Waals surface area contributed by atoms with E-state index in [0.29, 0.717) is 0 Å². The third kappa shape index (κ3) is 2.11. The second-order valence-electron chi connectivity index (χ2n) is 1.97. The molecular weight excluding hydrogens is 298 g/mol. The van der Waals surface area contributed by atoms with E-state index >= 15 is 0 Å². The molecule has 0 spiro atoms. The Kier molecular flexibility index (Phi) is 2.64. The fourth-order valence-electron chi connectivity index (χ4n) is 0.612. The molecule has 0 aliphatic rings. The summed E-state index contributed by atoms with van der Waals surface area (Å²) in [5, 5.41) is 4.81. The van der Waals surface area contributed by atoms with Gasteiger partial charge in [0.15, 0.2) is 0 Å². The Labute approximate surface area is 82.2 Å². The van der Waals surface area contributed by atoms with Gasteiger partial charge in [-0.05, 0) is 34.7 Å². The molecule has 66 valence electrons. The highest BCUT2D eigenvalue weighted by molar-refractivity contribution is 14.1. The number of hydrogen-bond acceptors (Lipinski definition) is 3. The van der Waals surface area contributed by atoms with Gasteiger partial charge < -0.3 is 0 Å². The first kappa shape index (κ1) is 9.81. The molecule has 2 N–H and O–H groups in total. The summed E-state index contributed by atoms with van der Waals surface area (Å²) in [5.41, 5.74) is 0. The number of primary sulfonamides is 1. The number of hydrogen-bond donors (Lipinski definition) is 1.